The Morgan fingerprint density at radius 2 is 1.74 bits per heavy atom. The summed E-state index contributed by atoms with van der Waals surface area (Å²) in [5.41, 5.74) is 3.62. The normalized spacial score (nSPS) is 10.8. The Kier molecular flexibility index (Phi) is 4.05. The van der Waals surface area contributed by atoms with E-state index >= 15 is 0 Å². The molecule has 0 bridgehead atoms. The molecule has 2 aromatic rings. The minimum absolute atomic E-state index is 0.0840. The highest BCUT2D eigenvalue weighted by molar-refractivity contribution is 7.17. The molecule has 0 atom stereocenters. The molecule has 0 N–H and O–H groups in total. The highest BCUT2D eigenvalue weighted by Crippen LogP contribution is 2.30. The average Bonchev–Trinajstić information content (AvgIpc) is 2.75. The monoisotopic (exact) mass is 274 g/mol. The summed E-state index contributed by atoms with van der Waals surface area (Å²) in [6, 6.07) is 10.2. The first-order chi connectivity index (χ1) is 8.95. The van der Waals surface area contributed by atoms with Gasteiger partial charge in [-0.3, -0.25) is 0 Å². The third kappa shape index (κ3) is 3.44. The lowest BCUT2D eigenvalue weighted by molar-refractivity contribution is 0.0384. The van der Waals surface area contributed by atoms with Crippen molar-refractivity contribution >= 4 is 17.3 Å². The molecule has 0 fully saturated rings. The van der Waals surface area contributed by atoms with E-state index in [0.29, 0.717) is 4.88 Å². The highest BCUT2D eigenvalue weighted by Gasteiger charge is 2.13. The number of thiophene rings is 1. The lowest BCUT2D eigenvalue weighted by Gasteiger charge is -2.05. The molecule has 2 nitrogen and oxygen atoms in total. The molecule has 2 rings (SSSR count). The Bertz CT molecular complexity index is 576. The molecule has 0 aliphatic rings. The Balaban J connectivity index is 2.28. The number of hydrogen-bond donors (Lipinski definition) is 0. The zero-order valence-electron chi connectivity index (χ0n) is 11.7. The first-order valence-corrected chi connectivity index (χ1v) is 7.17. The Morgan fingerprint density at radius 3 is 2.32 bits per heavy atom. The fourth-order valence-electron chi connectivity index (χ4n) is 1.99. The van der Waals surface area contributed by atoms with E-state index in [4.69, 9.17) is 4.74 Å². The zero-order chi connectivity index (χ0) is 14.0. The van der Waals surface area contributed by atoms with Gasteiger partial charge >= 0.3 is 5.97 Å². The van der Waals surface area contributed by atoms with Crippen molar-refractivity contribution in [2.45, 2.75) is 33.8 Å². The molecular formula is C16H18O2S. The van der Waals surface area contributed by atoms with Crippen molar-refractivity contribution < 1.29 is 9.53 Å². The molecular weight excluding hydrogens is 256 g/mol. The van der Waals surface area contributed by atoms with Crippen molar-refractivity contribution in [1.82, 2.24) is 0 Å². The lowest BCUT2D eigenvalue weighted by Crippen LogP contribution is -2.09. The summed E-state index contributed by atoms with van der Waals surface area (Å²) in [4.78, 5) is 13.6. The molecule has 0 saturated carbocycles. The first-order valence-electron chi connectivity index (χ1n) is 6.35. The van der Waals surface area contributed by atoms with Gasteiger partial charge in [-0.25, -0.2) is 4.79 Å². The molecule has 0 aliphatic carbocycles. The van der Waals surface area contributed by atoms with Crippen LogP contribution >= 0.6 is 11.3 Å². The predicted octanol–water partition coefficient (Wildman–Crippen LogP) is 4.60. The number of carbonyl (C=O) groups excluding carboxylic acids is 1. The molecule has 3 heteroatoms. The van der Waals surface area contributed by atoms with Crippen molar-refractivity contribution in [2.24, 2.45) is 0 Å². The van der Waals surface area contributed by atoms with Crippen LogP contribution < -0.4 is 0 Å². The molecule has 0 radical (unpaired) electrons. The van der Waals surface area contributed by atoms with Crippen LogP contribution in [-0.4, -0.2) is 12.1 Å². The van der Waals surface area contributed by atoms with Gasteiger partial charge in [-0.1, -0.05) is 29.3 Å². The molecule has 0 aliphatic heterocycles. The van der Waals surface area contributed by atoms with Gasteiger partial charge in [0.05, 0.1) is 6.10 Å². The van der Waals surface area contributed by atoms with Crippen molar-refractivity contribution in [1.29, 1.82) is 0 Å². The number of rotatable bonds is 3. The SMILES string of the molecule is Cc1cc(C)cc(-c2ccc(C(=O)OC(C)C)s2)c1. The molecule has 1 heterocycles. The standard InChI is InChI=1S/C16H18O2S/c1-10(2)18-16(17)15-6-5-14(19-15)13-8-11(3)7-12(4)9-13/h5-10H,1-4H3. The van der Waals surface area contributed by atoms with Crippen LogP contribution in [0, 0.1) is 13.8 Å². The summed E-state index contributed by atoms with van der Waals surface area (Å²) in [7, 11) is 0. The summed E-state index contributed by atoms with van der Waals surface area (Å²) in [6.07, 6.45) is -0.0840. The van der Waals surface area contributed by atoms with Crippen LogP contribution in [0.25, 0.3) is 10.4 Å². The summed E-state index contributed by atoms with van der Waals surface area (Å²) in [5, 5.41) is 0. The fourth-order valence-corrected chi connectivity index (χ4v) is 2.87. The van der Waals surface area contributed by atoms with E-state index in [-0.39, 0.29) is 12.1 Å². The molecule has 19 heavy (non-hydrogen) atoms. The second kappa shape index (κ2) is 5.57. The number of ether oxygens (including phenoxy) is 1. The van der Waals surface area contributed by atoms with Gasteiger partial charge in [0.2, 0.25) is 0 Å². The van der Waals surface area contributed by atoms with Crippen LogP contribution in [0.15, 0.2) is 30.3 Å². The Hall–Kier alpha value is -1.61. The van der Waals surface area contributed by atoms with Gasteiger partial charge in [-0.15, -0.1) is 11.3 Å². The van der Waals surface area contributed by atoms with Crippen LogP contribution in [-0.2, 0) is 4.74 Å². The van der Waals surface area contributed by atoms with E-state index in [0.717, 1.165) is 10.4 Å². The number of aryl methyl sites for hydroxylation is 2. The van der Waals surface area contributed by atoms with E-state index in [2.05, 4.69) is 32.0 Å². The minimum atomic E-state index is -0.240. The maximum Gasteiger partial charge on any atom is 0.348 e. The fraction of sp³-hybridized carbons (Fsp3) is 0.312. The van der Waals surface area contributed by atoms with Crippen LogP contribution in [0.3, 0.4) is 0 Å². The van der Waals surface area contributed by atoms with E-state index in [1.54, 1.807) is 0 Å². The quantitative estimate of drug-likeness (QED) is 0.765. The zero-order valence-corrected chi connectivity index (χ0v) is 12.5. The summed E-state index contributed by atoms with van der Waals surface area (Å²) in [5.74, 6) is -0.240. The van der Waals surface area contributed by atoms with Crippen LogP contribution in [0.4, 0.5) is 0 Å². The maximum absolute atomic E-state index is 11.8. The molecule has 1 aromatic heterocycles. The number of esters is 1. The van der Waals surface area contributed by atoms with Gasteiger partial charge in [0, 0.05) is 4.88 Å². The van der Waals surface area contributed by atoms with Gasteiger partial charge in [-0.05, 0) is 45.4 Å². The third-order valence-corrected chi connectivity index (χ3v) is 3.77. The van der Waals surface area contributed by atoms with E-state index in [1.807, 2.05) is 26.0 Å². The largest absolute Gasteiger partial charge is 0.459 e. The van der Waals surface area contributed by atoms with Crippen LogP contribution in [0.2, 0.25) is 0 Å². The predicted molar refractivity (Wildman–Crippen MR) is 79.8 cm³/mol. The van der Waals surface area contributed by atoms with Crippen molar-refractivity contribution in [3.63, 3.8) is 0 Å². The number of hydrogen-bond acceptors (Lipinski definition) is 3. The summed E-state index contributed by atoms with van der Waals surface area (Å²) < 4.78 is 5.20. The van der Waals surface area contributed by atoms with Gasteiger partial charge < -0.3 is 4.74 Å². The topological polar surface area (TPSA) is 26.3 Å². The van der Waals surface area contributed by atoms with Gasteiger partial charge in [-0.2, -0.15) is 0 Å². The second-order valence-electron chi connectivity index (χ2n) is 4.99. The molecule has 1 aromatic carbocycles. The molecule has 0 unspecified atom stereocenters. The molecule has 0 amide bonds. The van der Waals surface area contributed by atoms with Crippen molar-refractivity contribution in [3.8, 4) is 10.4 Å². The van der Waals surface area contributed by atoms with Crippen molar-refractivity contribution in [3.05, 3.63) is 46.3 Å². The van der Waals surface area contributed by atoms with E-state index in [1.165, 1.54) is 22.5 Å². The van der Waals surface area contributed by atoms with E-state index < -0.39 is 0 Å². The van der Waals surface area contributed by atoms with E-state index in [9.17, 15) is 4.79 Å². The van der Waals surface area contributed by atoms with Gasteiger partial charge in [0.25, 0.3) is 0 Å². The minimum Gasteiger partial charge on any atom is -0.459 e. The molecule has 100 valence electrons. The second-order valence-corrected chi connectivity index (χ2v) is 6.08. The molecule has 0 spiro atoms. The smallest absolute Gasteiger partial charge is 0.348 e. The third-order valence-electron chi connectivity index (χ3n) is 2.66. The van der Waals surface area contributed by atoms with Crippen LogP contribution in [0.5, 0.6) is 0 Å². The molecule has 0 saturated heterocycles. The van der Waals surface area contributed by atoms with Gasteiger partial charge in [0.15, 0.2) is 0 Å². The summed E-state index contributed by atoms with van der Waals surface area (Å²) in [6.45, 7) is 7.88. The Labute approximate surface area is 118 Å². The summed E-state index contributed by atoms with van der Waals surface area (Å²) >= 11 is 1.48. The van der Waals surface area contributed by atoms with Gasteiger partial charge in [0.1, 0.15) is 4.88 Å². The van der Waals surface area contributed by atoms with Crippen molar-refractivity contribution in [2.75, 3.05) is 0 Å². The first kappa shape index (κ1) is 13.8. The maximum atomic E-state index is 11.8. The van der Waals surface area contributed by atoms with Crippen LogP contribution in [0.1, 0.15) is 34.6 Å². The Morgan fingerprint density at radius 1 is 1.11 bits per heavy atom. The highest BCUT2D eigenvalue weighted by atomic mass is 32.1. The number of benzene rings is 1. The lowest BCUT2D eigenvalue weighted by atomic mass is 10.1. The number of carbonyl (C=O) groups is 1. The average molecular weight is 274 g/mol.